The third kappa shape index (κ3) is 4.77. The number of carbonyl (C=O) groups excluding carboxylic acids is 2. The summed E-state index contributed by atoms with van der Waals surface area (Å²) in [5, 5.41) is 12.2. The molecule has 2 unspecified atom stereocenters. The summed E-state index contributed by atoms with van der Waals surface area (Å²) in [6, 6.07) is 15.9. The molecule has 184 valence electrons. The van der Waals surface area contributed by atoms with Crippen molar-refractivity contribution in [3.8, 4) is 11.1 Å². The predicted molar refractivity (Wildman–Crippen MR) is 131 cm³/mol. The van der Waals surface area contributed by atoms with Crippen molar-refractivity contribution >= 4 is 18.0 Å². The molecule has 2 aliphatic carbocycles. The number of likely N-dealkylation sites (tertiary alicyclic amines) is 1. The second kappa shape index (κ2) is 10.1. The van der Waals surface area contributed by atoms with Gasteiger partial charge in [0.2, 0.25) is 5.91 Å². The summed E-state index contributed by atoms with van der Waals surface area (Å²) in [4.78, 5) is 39.2. The van der Waals surface area contributed by atoms with E-state index < -0.39 is 12.1 Å². The van der Waals surface area contributed by atoms with E-state index in [4.69, 9.17) is 4.74 Å². The van der Waals surface area contributed by atoms with Crippen LogP contribution in [0.1, 0.15) is 62.0 Å². The molecule has 0 radical (unpaired) electrons. The normalized spacial score (nSPS) is 23.4. The van der Waals surface area contributed by atoms with Gasteiger partial charge in [-0.1, -0.05) is 61.4 Å². The maximum Gasteiger partial charge on any atom is 0.407 e. The van der Waals surface area contributed by atoms with E-state index in [0.29, 0.717) is 13.0 Å². The summed E-state index contributed by atoms with van der Waals surface area (Å²) in [5.41, 5.74) is 4.67. The minimum Gasteiger partial charge on any atom is -0.481 e. The number of benzene rings is 2. The van der Waals surface area contributed by atoms with E-state index in [1.807, 2.05) is 24.3 Å². The highest BCUT2D eigenvalue weighted by Gasteiger charge is 2.39. The van der Waals surface area contributed by atoms with E-state index in [-0.39, 0.29) is 42.9 Å². The van der Waals surface area contributed by atoms with Gasteiger partial charge in [-0.2, -0.15) is 0 Å². The topological polar surface area (TPSA) is 95.9 Å². The number of amides is 2. The number of carboxylic acids is 1. The number of carboxylic acid groups (broad SMARTS) is 1. The second-order valence-electron chi connectivity index (χ2n) is 9.89. The molecule has 2 aromatic carbocycles. The summed E-state index contributed by atoms with van der Waals surface area (Å²) in [6.45, 7) is 0.822. The van der Waals surface area contributed by atoms with Gasteiger partial charge in [0, 0.05) is 24.5 Å². The van der Waals surface area contributed by atoms with Crippen molar-refractivity contribution in [3.63, 3.8) is 0 Å². The van der Waals surface area contributed by atoms with E-state index in [1.54, 1.807) is 4.90 Å². The Morgan fingerprint density at radius 3 is 2.26 bits per heavy atom. The van der Waals surface area contributed by atoms with Crippen LogP contribution in [0, 0.1) is 5.92 Å². The van der Waals surface area contributed by atoms with Crippen LogP contribution < -0.4 is 5.32 Å². The largest absolute Gasteiger partial charge is 0.481 e. The van der Waals surface area contributed by atoms with Crippen molar-refractivity contribution in [2.24, 2.45) is 5.92 Å². The molecule has 1 saturated carbocycles. The predicted octanol–water partition coefficient (Wildman–Crippen LogP) is 4.55. The van der Waals surface area contributed by atoms with Crippen molar-refractivity contribution in [2.45, 2.75) is 62.9 Å². The Kier molecular flexibility index (Phi) is 6.75. The highest BCUT2D eigenvalue weighted by atomic mass is 16.5. The third-order valence-corrected chi connectivity index (χ3v) is 7.80. The number of nitrogens with zero attached hydrogens (tertiary/aromatic N) is 1. The number of ether oxygens (including phenoxy) is 1. The number of aliphatic carboxylic acids is 1. The number of hydrogen-bond acceptors (Lipinski definition) is 4. The smallest absolute Gasteiger partial charge is 0.407 e. The number of hydrogen-bond donors (Lipinski definition) is 2. The highest BCUT2D eigenvalue weighted by molar-refractivity contribution is 5.82. The van der Waals surface area contributed by atoms with Crippen molar-refractivity contribution in [1.82, 2.24) is 10.2 Å². The van der Waals surface area contributed by atoms with Crippen LogP contribution in [0.2, 0.25) is 0 Å². The molecule has 1 heterocycles. The lowest BCUT2D eigenvalue weighted by Crippen LogP contribution is -2.51. The van der Waals surface area contributed by atoms with Gasteiger partial charge < -0.3 is 20.1 Å². The average Bonchev–Trinajstić information content (AvgIpc) is 3.44. The van der Waals surface area contributed by atoms with Crippen LogP contribution >= 0.6 is 0 Å². The van der Waals surface area contributed by atoms with Gasteiger partial charge in [-0.05, 0) is 47.9 Å². The Balaban J connectivity index is 1.23. The number of nitrogens with one attached hydrogen (secondary N) is 1. The minimum atomic E-state index is -0.883. The maximum atomic E-state index is 13.4. The van der Waals surface area contributed by atoms with Crippen LogP contribution in [0.3, 0.4) is 0 Å². The molecule has 2 amide bonds. The van der Waals surface area contributed by atoms with Crippen LogP contribution in [0.15, 0.2) is 48.5 Å². The second-order valence-corrected chi connectivity index (χ2v) is 9.89. The standard InChI is InChI=1S/C28H32N2O5/c31-26(32)16-18-8-7-15-30(18)27(33)23-13-5-6-14-25(23)29-28(34)35-17-24-21-11-3-1-9-19(21)20-10-2-4-12-22(20)24/h1-4,9-12,18,23-25H,5-8,13-17H2,(H,29,34)(H,31,32)/t18-,23?,25?/m0/s1. The molecule has 0 bridgehead atoms. The van der Waals surface area contributed by atoms with Gasteiger partial charge in [-0.15, -0.1) is 0 Å². The Hall–Kier alpha value is -3.35. The van der Waals surface area contributed by atoms with Gasteiger partial charge in [0.25, 0.3) is 0 Å². The molecule has 5 rings (SSSR count). The molecule has 7 heteroatoms. The quantitative estimate of drug-likeness (QED) is 0.638. The number of fused-ring (bicyclic) bond motifs is 3. The third-order valence-electron chi connectivity index (χ3n) is 7.80. The van der Waals surface area contributed by atoms with Crippen LogP contribution in [0.4, 0.5) is 4.79 Å². The summed E-state index contributed by atoms with van der Waals surface area (Å²) >= 11 is 0. The molecule has 2 N–H and O–H groups in total. The molecule has 0 spiro atoms. The van der Waals surface area contributed by atoms with E-state index in [1.165, 1.54) is 11.1 Å². The molecular formula is C28H32N2O5. The van der Waals surface area contributed by atoms with E-state index in [9.17, 15) is 19.5 Å². The lowest BCUT2D eigenvalue weighted by molar-refractivity contribution is -0.142. The van der Waals surface area contributed by atoms with Crippen LogP contribution in [-0.2, 0) is 14.3 Å². The SMILES string of the molecule is O=C(O)C[C@@H]1CCCN1C(=O)C1CCCCC1NC(=O)OCC1c2ccccc2-c2ccccc21. The molecule has 7 nitrogen and oxygen atoms in total. The molecule has 3 aliphatic rings. The summed E-state index contributed by atoms with van der Waals surface area (Å²) < 4.78 is 5.72. The maximum absolute atomic E-state index is 13.4. The monoisotopic (exact) mass is 476 g/mol. The zero-order valence-corrected chi connectivity index (χ0v) is 19.8. The first-order valence-electron chi connectivity index (χ1n) is 12.7. The molecule has 1 saturated heterocycles. The zero-order valence-electron chi connectivity index (χ0n) is 19.8. The molecule has 1 aliphatic heterocycles. The Labute approximate surface area is 205 Å². The first-order chi connectivity index (χ1) is 17.0. The lowest BCUT2D eigenvalue weighted by Gasteiger charge is -2.35. The van der Waals surface area contributed by atoms with Crippen LogP contribution in [-0.4, -0.2) is 53.2 Å². The van der Waals surface area contributed by atoms with Gasteiger partial charge >= 0.3 is 12.1 Å². The van der Waals surface area contributed by atoms with Gasteiger partial charge in [0.15, 0.2) is 0 Å². The first kappa shape index (κ1) is 23.4. The van der Waals surface area contributed by atoms with E-state index in [0.717, 1.165) is 43.2 Å². The fourth-order valence-corrected chi connectivity index (χ4v) is 6.14. The van der Waals surface area contributed by atoms with Gasteiger partial charge in [0.05, 0.1) is 12.3 Å². The summed E-state index contributed by atoms with van der Waals surface area (Å²) in [7, 11) is 0. The Morgan fingerprint density at radius 1 is 0.914 bits per heavy atom. The molecule has 3 atom stereocenters. The van der Waals surface area contributed by atoms with Crippen molar-refractivity contribution in [1.29, 1.82) is 0 Å². The molecule has 2 fully saturated rings. The summed E-state index contributed by atoms with van der Waals surface area (Å²) in [5.74, 6) is -1.26. The van der Waals surface area contributed by atoms with Crippen LogP contribution in [0.25, 0.3) is 11.1 Å². The van der Waals surface area contributed by atoms with Crippen molar-refractivity contribution in [2.75, 3.05) is 13.2 Å². The Morgan fingerprint density at radius 2 is 1.57 bits per heavy atom. The number of alkyl carbamates (subject to hydrolysis) is 1. The lowest BCUT2D eigenvalue weighted by atomic mass is 9.83. The molecular weight excluding hydrogens is 444 g/mol. The molecule has 2 aromatic rings. The number of rotatable bonds is 6. The van der Waals surface area contributed by atoms with E-state index in [2.05, 4.69) is 29.6 Å². The fourth-order valence-electron chi connectivity index (χ4n) is 6.14. The van der Waals surface area contributed by atoms with Crippen molar-refractivity contribution < 1.29 is 24.2 Å². The van der Waals surface area contributed by atoms with Gasteiger partial charge in [0.1, 0.15) is 6.61 Å². The first-order valence-corrected chi connectivity index (χ1v) is 12.7. The van der Waals surface area contributed by atoms with Gasteiger partial charge in [-0.25, -0.2) is 4.79 Å². The molecule has 0 aromatic heterocycles. The number of carbonyl (C=O) groups is 3. The van der Waals surface area contributed by atoms with Crippen LogP contribution in [0.5, 0.6) is 0 Å². The van der Waals surface area contributed by atoms with E-state index >= 15 is 0 Å². The highest BCUT2D eigenvalue weighted by Crippen LogP contribution is 2.44. The molecule has 35 heavy (non-hydrogen) atoms. The zero-order chi connectivity index (χ0) is 24.4. The van der Waals surface area contributed by atoms with Crippen molar-refractivity contribution in [3.05, 3.63) is 59.7 Å². The Bertz CT molecular complexity index is 1070. The van der Waals surface area contributed by atoms with Gasteiger partial charge in [-0.3, -0.25) is 9.59 Å². The minimum absolute atomic E-state index is 0.0155. The average molecular weight is 477 g/mol. The fraction of sp³-hybridized carbons (Fsp3) is 0.464. The summed E-state index contributed by atoms with van der Waals surface area (Å²) in [6.07, 6.45) is 4.30.